The van der Waals surface area contributed by atoms with E-state index in [1.54, 1.807) is 21.3 Å². The van der Waals surface area contributed by atoms with E-state index >= 15 is 0 Å². The lowest BCUT2D eigenvalue weighted by atomic mass is 10.1. The van der Waals surface area contributed by atoms with E-state index < -0.39 is 0 Å². The van der Waals surface area contributed by atoms with E-state index in [2.05, 4.69) is 15.1 Å². The Hall–Kier alpha value is -3.81. The minimum Gasteiger partial charge on any atom is -0.497 e. The molecule has 1 fully saturated rings. The molecule has 1 aliphatic rings. The van der Waals surface area contributed by atoms with Crippen molar-refractivity contribution < 1.29 is 19.0 Å². The third-order valence-electron chi connectivity index (χ3n) is 5.78. The van der Waals surface area contributed by atoms with Crippen molar-refractivity contribution in [1.29, 1.82) is 0 Å². The molecular weight excluding hydrogens is 420 g/mol. The Labute approximate surface area is 193 Å². The van der Waals surface area contributed by atoms with Gasteiger partial charge in [-0.15, -0.1) is 10.2 Å². The molecule has 1 aromatic heterocycles. The molecule has 0 radical (unpaired) electrons. The van der Waals surface area contributed by atoms with Crippen molar-refractivity contribution in [2.24, 2.45) is 0 Å². The number of nitrogens with zero attached hydrogens (tertiary/aromatic N) is 4. The Morgan fingerprint density at radius 2 is 1.64 bits per heavy atom. The van der Waals surface area contributed by atoms with Gasteiger partial charge < -0.3 is 24.0 Å². The van der Waals surface area contributed by atoms with Crippen LogP contribution < -0.4 is 19.1 Å². The Morgan fingerprint density at radius 3 is 2.30 bits per heavy atom. The number of piperazine rings is 1. The van der Waals surface area contributed by atoms with Gasteiger partial charge in [0.1, 0.15) is 5.75 Å². The first kappa shape index (κ1) is 22.4. The van der Waals surface area contributed by atoms with Gasteiger partial charge >= 0.3 is 0 Å². The van der Waals surface area contributed by atoms with Crippen molar-refractivity contribution in [2.75, 3.05) is 52.4 Å². The van der Waals surface area contributed by atoms with Gasteiger partial charge in [0.15, 0.2) is 17.3 Å². The predicted molar refractivity (Wildman–Crippen MR) is 126 cm³/mol. The van der Waals surface area contributed by atoms with Crippen molar-refractivity contribution in [3.63, 3.8) is 0 Å². The summed E-state index contributed by atoms with van der Waals surface area (Å²) in [6.07, 6.45) is 0.329. The molecule has 2 aromatic carbocycles. The van der Waals surface area contributed by atoms with Gasteiger partial charge in [-0.05, 0) is 42.0 Å². The lowest BCUT2D eigenvalue weighted by Crippen LogP contribution is -2.49. The fourth-order valence-electron chi connectivity index (χ4n) is 3.89. The summed E-state index contributed by atoms with van der Waals surface area (Å²) in [4.78, 5) is 16.9. The molecule has 0 bridgehead atoms. The van der Waals surface area contributed by atoms with Gasteiger partial charge in [0.05, 0.1) is 33.4 Å². The smallest absolute Gasteiger partial charge is 0.227 e. The predicted octanol–water partition coefficient (Wildman–Crippen LogP) is 3.06. The Morgan fingerprint density at radius 1 is 0.848 bits per heavy atom. The molecule has 1 aliphatic heterocycles. The Bertz CT molecular complexity index is 1100. The SMILES string of the molecule is COc1cccc(-c2ccc(N3CCN(C(=O)Cc4ccc(OC)c(OC)c4)CC3)nn2)c1. The van der Waals surface area contributed by atoms with Gasteiger partial charge in [-0.3, -0.25) is 4.79 Å². The van der Waals surface area contributed by atoms with Crippen LogP contribution in [-0.2, 0) is 11.2 Å². The van der Waals surface area contributed by atoms with E-state index in [9.17, 15) is 4.79 Å². The highest BCUT2D eigenvalue weighted by Gasteiger charge is 2.22. The topological polar surface area (TPSA) is 77.0 Å². The Balaban J connectivity index is 1.34. The quantitative estimate of drug-likeness (QED) is 0.550. The highest BCUT2D eigenvalue weighted by molar-refractivity contribution is 5.79. The lowest BCUT2D eigenvalue weighted by Gasteiger charge is -2.35. The average Bonchev–Trinajstić information content (AvgIpc) is 2.88. The number of methoxy groups -OCH3 is 3. The van der Waals surface area contributed by atoms with Crippen molar-refractivity contribution in [3.05, 3.63) is 60.2 Å². The molecule has 0 aliphatic carbocycles. The summed E-state index contributed by atoms with van der Waals surface area (Å²) >= 11 is 0. The molecule has 0 saturated carbocycles. The molecular formula is C25H28N4O4. The van der Waals surface area contributed by atoms with Crippen LogP contribution in [0.25, 0.3) is 11.3 Å². The van der Waals surface area contributed by atoms with Crippen LogP contribution in [0.4, 0.5) is 5.82 Å². The molecule has 4 rings (SSSR count). The second-order valence-electron chi connectivity index (χ2n) is 7.74. The number of ether oxygens (including phenoxy) is 3. The number of amides is 1. The lowest BCUT2D eigenvalue weighted by molar-refractivity contribution is -0.130. The third kappa shape index (κ3) is 5.16. The van der Waals surface area contributed by atoms with Crippen molar-refractivity contribution in [3.8, 4) is 28.5 Å². The maximum Gasteiger partial charge on any atom is 0.227 e. The van der Waals surface area contributed by atoms with Crippen LogP contribution in [0, 0.1) is 0 Å². The molecule has 0 unspecified atom stereocenters. The van der Waals surface area contributed by atoms with E-state index in [-0.39, 0.29) is 5.91 Å². The first-order valence-corrected chi connectivity index (χ1v) is 10.8. The highest BCUT2D eigenvalue weighted by atomic mass is 16.5. The minimum atomic E-state index is 0.0985. The van der Waals surface area contributed by atoms with Gasteiger partial charge in [0, 0.05) is 31.7 Å². The normalized spacial score (nSPS) is 13.5. The summed E-state index contributed by atoms with van der Waals surface area (Å²) in [7, 11) is 4.83. The maximum atomic E-state index is 12.8. The molecule has 2 heterocycles. The molecule has 0 atom stereocenters. The number of hydrogen-bond donors (Lipinski definition) is 0. The van der Waals surface area contributed by atoms with E-state index in [0.29, 0.717) is 44.1 Å². The number of hydrogen-bond acceptors (Lipinski definition) is 7. The average molecular weight is 449 g/mol. The molecule has 3 aromatic rings. The van der Waals surface area contributed by atoms with Crippen LogP contribution in [0.3, 0.4) is 0 Å². The monoisotopic (exact) mass is 448 g/mol. The number of carbonyl (C=O) groups is 1. The zero-order valence-electron chi connectivity index (χ0n) is 19.2. The molecule has 8 heteroatoms. The summed E-state index contributed by atoms with van der Waals surface area (Å²) in [6.45, 7) is 2.71. The number of rotatable bonds is 7. The molecule has 8 nitrogen and oxygen atoms in total. The Kier molecular flexibility index (Phi) is 6.92. The van der Waals surface area contributed by atoms with Crippen molar-refractivity contribution >= 4 is 11.7 Å². The molecule has 1 saturated heterocycles. The molecule has 0 spiro atoms. The van der Waals surface area contributed by atoms with Gasteiger partial charge in [0.25, 0.3) is 0 Å². The van der Waals surface area contributed by atoms with Crippen LogP contribution in [0.2, 0.25) is 0 Å². The summed E-state index contributed by atoms with van der Waals surface area (Å²) < 4.78 is 15.9. The minimum absolute atomic E-state index is 0.0985. The van der Waals surface area contributed by atoms with E-state index in [1.807, 2.05) is 59.5 Å². The second kappa shape index (κ2) is 10.2. The molecule has 1 amide bonds. The molecule has 172 valence electrons. The van der Waals surface area contributed by atoms with Crippen LogP contribution in [0.15, 0.2) is 54.6 Å². The van der Waals surface area contributed by atoms with Crippen molar-refractivity contribution in [1.82, 2.24) is 15.1 Å². The second-order valence-corrected chi connectivity index (χ2v) is 7.74. The zero-order chi connectivity index (χ0) is 23.2. The molecule has 0 N–H and O–H groups in total. The number of aromatic nitrogens is 2. The van der Waals surface area contributed by atoms with Crippen LogP contribution >= 0.6 is 0 Å². The number of benzene rings is 2. The zero-order valence-corrected chi connectivity index (χ0v) is 19.2. The summed E-state index contributed by atoms with van der Waals surface area (Å²) in [5.74, 6) is 2.98. The standard InChI is InChI=1S/C25H28N4O4/c1-31-20-6-4-5-19(17-20)21-8-10-24(27-26-21)28-11-13-29(14-12-28)25(30)16-18-7-9-22(32-2)23(15-18)33-3/h4-10,15,17H,11-14,16H2,1-3H3. The molecule has 33 heavy (non-hydrogen) atoms. The highest BCUT2D eigenvalue weighted by Crippen LogP contribution is 2.28. The fraction of sp³-hybridized carbons (Fsp3) is 0.320. The van der Waals surface area contributed by atoms with E-state index in [0.717, 1.165) is 28.4 Å². The first-order chi connectivity index (χ1) is 16.1. The van der Waals surface area contributed by atoms with Gasteiger partial charge in [0.2, 0.25) is 5.91 Å². The maximum absolute atomic E-state index is 12.8. The first-order valence-electron chi connectivity index (χ1n) is 10.8. The van der Waals surface area contributed by atoms with Gasteiger partial charge in [-0.25, -0.2) is 0 Å². The fourth-order valence-corrected chi connectivity index (χ4v) is 3.89. The largest absolute Gasteiger partial charge is 0.497 e. The van der Waals surface area contributed by atoms with Gasteiger partial charge in [-0.2, -0.15) is 0 Å². The number of anilines is 1. The number of carbonyl (C=O) groups excluding carboxylic acids is 1. The van der Waals surface area contributed by atoms with Crippen molar-refractivity contribution in [2.45, 2.75) is 6.42 Å². The van der Waals surface area contributed by atoms with E-state index in [4.69, 9.17) is 14.2 Å². The van der Waals surface area contributed by atoms with Crippen LogP contribution in [-0.4, -0.2) is 68.5 Å². The summed E-state index contributed by atoms with van der Waals surface area (Å²) in [5, 5.41) is 8.80. The van der Waals surface area contributed by atoms with Crippen LogP contribution in [0.1, 0.15) is 5.56 Å². The summed E-state index contributed by atoms with van der Waals surface area (Å²) in [5.41, 5.74) is 2.65. The van der Waals surface area contributed by atoms with E-state index in [1.165, 1.54) is 0 Å². The van der Waals surface area contributed by atoms with Gasteiger partial charge in [-0.1, -0.05) is 18.2 Å². The summed E-state index contributed by atoms with van der Waals surface area (Å²) in [6, 6.07) is 17.3. The van der Waals surface area contributed by atoms with Crippen LogP contribution in [0.5, 0.6) is 17.2 Å². The third-order valence-corrected chi connectivity index (χ3v) is 5.78.